The van der Waals surface area contributed by atoms with E-state index in [9.17, 15) is 0 Å². The Kier molecular flexibility index (Phi) is 2.70. The molecule has 0 fully saturated rings. The van der Waals surface area contributed by atoms with Gasteiger partial charge in [0.15, 0.2) is 0 Å². The molecule has 0 saturated carbocycles. The topological polar surface area (TPSA) is 20.2 Å². The molecule has 0 saturated heterocycles. The average molecular weight is 92.2 g/mol. The average Bonchev–Trinajstić information content (AvgIpc) is 1.38. The molecule has 0 heterocycles. The highest BCUT2D eigenvalue weighted by Gasteiger charge is 1.82. The predicted octanol–water partition coefficient (Wildman–Crippen LogP) is 0.297. The number of aliphatic hydroxyl groups is 1. The fourth-order valence-electron chi connectivity index (χ4n) is 0. The molecule has 0 rings (SSSR count). The minimum absolute atomic E-state index is 0.134. The van der Waals surface area contributed by atoms with Crippen molar-refractivity contribution < 1.29 is 5.11 Å². The molecule has 2 heteroatoms. The maximum atomic E-state index is 8.07. The van der Waals surface area contributed by atoms with Crippen LogP contribution >= 0.6 is 12.6 Å². The number of thiol groups is 1. The summed E-state index contributed by atoms with van der Waals surface area (Å²) in [6, 6.07) is 0. The van der Waals surface area contributed by atoms with Gasteiger partial charge in [0.2, 0.25) is 0 Å². The Morgan fingerprint density at radius 1 is 2.00 bits per heavy atom. The highest BCUT2D eigenvalue weighted by Crippen LogP contribution is 1.85. The standard InChI is InChI=1S/C3H8OS/c1-3(5)2-4/h3-5H,2H2,1H3. The van der Waals surface area contributed by atoms with Crippen LogP contribution in [-0.4, -0.2) is 17.0 Å². The molecule has 0 radical (unpaired) electrons. The number of aliphatic hydroxyl groups excluding tert-OH is 1. The van der Waals surface area contributed by atoms with E-state index in [-0.39, 0.29) is 11.9 Å². The number of hydrogen-bond donors (Lipinski definition) is 2. The van der Waals surface area contributed by atoms with E-state index in [1.54, 1.807) is 0 Å². The van der Waals surface area contributed by atoms with Crippen LogP contribution in [0.15, 0.2) is 0 Å². The maximum Gasteiger partial charge on any atom is 0.0544 e. The third kappa shape index (κ3) is 4.31. The van der Waals surface area contributed by atoms with Gasteiger partial charge in [-0.15, -0.1) is 0 Å². The van der Waals surface area contributed by atoms with Gasteiger partial charge in [-0.25, -0.2) is 0 Å². The lowest BCUT2D eigenvalue weighted by molar-refractivity contribution is 0.300. The van der Waals surface area contributed by atoms with Gasteiger partial charge in [-0.2, -0.15) is 12.6 Å². The summed E-state index contributed by atoms with van der Waals surface area (Å²) < 4.78 is 0. The van der Waals surface area contributed by atoms with E-state index >= 15 is 0 Å². The second kappa shape index (κ2) is 2.54. The van der Waals surface area contributed by atoms with Gasteiger partial charge in [0.05, 0.1) is 6.61 Å². The van der Waals surface area contributed by atoms with Crippen LogP contribution in [-0.2, 0) is 0 Å². The van der Waals surface area contributed by atoms with Gasteiger partial charge in [0.25, 0.3) is 0 Å². The van der Waals surface area contributed by atoms with E-state index < -0.39 is 0 Å². The van der Waals surface area contributed by atoms with Gasteiger partial charge in [-0.05, 0) is 0 Å². The van der Waals surface area contributed by atoms with E-state index in [1.165, 1.54) is 0 Å². The van der Waals surface area contributed by atoms with Gasteiger partial charge in [-0.1, -0.05) is 6.92 Å². The monoisotopic (exact) mass is 92.0 g/mol. The van der Waals surface area contributed by atoms with Gasteiger partial charge in [0.1, 0.15) is 0 Å². The SMILES string of the molecule is CC(S)CO. The molecule has 32 valence electrons. The van der Waals surface area contributed by atoms with Crippen molar-refractivity contribution in [2.45, 2.75) is 12.2 Å². The molecule has 1 unspecified atom stereocenters. The molecule has 5 heavy (non-hydrogen) atoms. The van der Waals surface area contributed by atoms with Crippen molar-refractivity contribution in [2.24, 2.45) is 0 Å². The van der Waals surface area contributed by atoms with Gasteiger partial charge in [-0.3, -0.25) is 0 Å². The lowest BCUT2D eigenvalue weighted by Gasteiger charge is -1.89. The summed E-state index contributed by atoms with van der Waals surface area (Å²) in [5, 5.41) is 8.20. The Bertz CT molecular complexity index is 20.9. The summed E-state index contributed by atoms with van der Waals surface area (Å²) in [5.41, 5.74) is 0. The number of hydrogen-bond acceptors (Lipinski definition) is 2. The normalized spacial score (nSPS) is 15.0. The van der Waals surface area contributed by atoms with E-state index in [2.05, 4.69) is 12.6 Å². The summed E-state index contributed by atoms with van der Waals surface area (Å²) >= 11 is 3.85. The second-order valence-corrected chi connectivity index (χ2v) is 1.91. The smallest absolute Gasteiger partial charge is 0.0544 e. The first-order chi connectivity index (χ1) is 2.27. The Morgan fingerprint density at radius 2 is 2.20 bits per heavy atom. The molecule has 1 N–H and O–H groups in total. The molecular weight excluding hydrogens is 84.1 g/mol. The zero-order chi connectivity index (χ0) is 4.28. The molecule has 0 aliphatic rings. The van der Waals surface area contributed by atoms with Crippen molar-refractivity contribution in [3.63, 3.8) is 0 Å². The molecule has 0 aliphatic carbocycles. The van der Waals surface area contributed by atoms with Crippen molar-refractivity contribution in [3.05, 3.63) is 0 Å². The van der Waals surface area contributed by atoms with Gasteiger partial charge in [0, 0.05) is 5.25 Å². The van der Waals surface area contributed by atoms with Crippen LogP contribution in [0.4, 0.5) is 0 Å². The third-order valence-electron chi connectivity index (χ3n) is 0.264. The van der Waals surface area contributed by atoms with Gasteiger partial charge >= 0.3 is 0 Å². The van der Waals surface area contributed by atoms with Crippen molar-refractivity contribution >= 4 is 12.6 Å². The van der Waals surface area contributed by atoms with Crippen molar-refractivity contribution in [3.8, 4) is 0 Å². The fraction of sp³-hybridized carbons (Fsp3) is 1.00. The highest BCUT2D eigenvalue weighted by atomic mass is 32.1. The minimum Gasteiger partial charge on any atom is -0.395 e. The van der Waals surface area contributed by atoms with Crippen molar-refractivity contribution in [1.82, 2.24) is 0 Å². The van der Waals surface area contributed by atoms with E-state index in [4.69, 9.17) is 5.11 Å². The molecule has 0 aromatic carbocycles. The molecule has 0 amide bonds. The van der Waals surface area contributed by atoms with Crippen LogP contribution < -0.4 is 0 Å². The minimum atomic E-state index is 0.134. The Morgan fingerprint density at radius 3 is 2.20 bits per heavy atom. The summed E-state index contributed by atoms with van der Waals surface area (Å²) in [5.74, 6) is 0. The Labute approximate surface area is 37.4 Å². The highest BCUT2D eigenvalue weighted by molar-refractivity contribution is 7.80. The van der Waals surface area contributed by atoms with E-state index in [1.807, 2.05) is 6.92 Å². The lowest BCUT2D eigenvalue weighted by atomic mass is 10.5. The Hall–Kier alpha value is 0.310. The van der Waals surface area contributed by atoms with Crippen LogP contribution in [0.25, 0.3) is 0 Å². The van der Waals surface area contributed by atoms with Crippen LogP contribution in [0.2, 0.25) is 0 Å². The Balaban J connectivity index is 2.54. The largest absolute Gasteiger partial charge is 0.395 e. The summed E-state index contributed by atoms with van der Waals surface area (Å²) in [6.45, 7) is 2.01. The van der Waals surface area contributed by atoms with E-state index in [0.717, 1.165) is 0 Å². The lowest BCUT2D eigenvalue weighted by Crippen LogP contribution is -1.95. The van der Waals surface area contributed by atoms with Crippen molar-refractivity contribution in [2.75, 3.05) is 6.61 Å². The first-order valence-corrected chi connectivity index (χ1v) is 2.08. The predicted molar refractivity (Wildman–Crippen MR) is 25.5 cm³/mol. The van der Waals surface area contributed by atoms with Crippen LogP contribution in [0.3, 0.4) is 0 Å². The zero-order valence-electron chi connectivity index (χ0n) is 3.18. The summed E-state index contributed by atoms with van der Waals surface area (Å²) in [7, 11) is 0. The molecule has 0 aliphatic heterocycles. The van der Waals surface area contributed by atoms with Crippen LogP contribution in [0, 0.1) is 0 Å². The zero-order valence-corrected chi connectivity index (χ0v) is 4.07. The molecule has 0 aromatic heterocycles. The first kappa shape index (κ1) is 5.31. The summed E-state index contributed by atoms with van der Waals surface area (Å²) in [4.78, 5) is 0. The first-order valence-electron chi connectivity index (χ1n) is 1.56. The van der Waals surface area contributed by atoms with Crippen LogP contribution in [0.1, 0.15) is 6.92 Å². The quantitative estimate of drug-likeness (QED) is 0.446. The molecule has 1 atom stereocenters. The van der Waals surface area contributed by atoms with Gasteiger partial charge < -0.3 is 5.11 Å². The van der Waals surface area contributed by atoms with Crippen molar-refractivity contribution in [1.29, 1.82) is 0 Å². The molecule has 1 nitrogen and oxygen atoms in total. The summed E-state index contributed by atoms with van der Waals surface area (Å²) in [6.07, 6.45) is 0. The fourth-order valence-corrected chi connectivity index (χ4v) is 0. The molecule has 0 bridgehead atoms. The molecule has 0 aromatic rings. The third-order valence-corrected chi connectivity index (χ3v) is 0.428. The molecular formula is C3H8OS. The second-order valence-electron chi connectivity index (χ2n) is 1.03. The van der Waals surface area contributed by atoms with E-state index in [0.29, 0.717) is 0 Å². The maximum absolute atomic E-state index is 8.07. The van der Waals surface area contributed by atoms with Crippen LogP contribution in [0.5, 0.6) is 0 Å². The number of rotatable bonds is 1. The molecule has 0 spiro atoms.